The fraction of sp³-hybridized carbons (Fsp3) is 0.538. The lowest BCUT2D eigenvalue weighted by Crippen LogP contribution is -2.55. The Labute approximate surface area is 121 Å². The molecule has 6 nitrogen and oxygen atoms in total. The van der Waals surface area contributed by atoms with Gasteiger partial charge in [-0.05, 0) is 6.08 Å². The van der Waals surface area contributed by atoms with Crippen LogP contribution in [0.5, 0.6) is 0 Å². The van der Waals surface area contributed by atoms with Crippen LogP contribution in [0.25, 0.3) is 0 Å². The van der Waals surface area contributed by atoms with Crippen LogP contribution in [0.4, 0.5) is 0 Å². The summed E-state index contributed by atoms with van der Waals surface area (Å²) < 4.78 is 10.6. The summed E-state index contributed by atoms with van der Waals surface area (Å²) in [5.41, 5.74) is 0. The van der Waals surface area contributed by atoms with Crippen LogP contribution in [0, 0.1) is 0 Å². The van der Waals surface area contributed by atoms with Gasteiger partial charge in [-0.25, -0.2) is 4.79 Å². The summed E-state index contributed by atoms with van der Waals surface area (Å²) in [6.45, 7) is 3.69. The Balaban J connectivity index is 2.03. The lowest BCUT2D eigenvalue weighted by molar-refractivity contribution is -0.165. The molecule has 2 aliphatic heterocycles. The van der Waals surface area contributed by atoms with Gasteiger partial charge in [-0.15, -0.1) is 0 Å². The van der Waals surface area contributed by atoms with Crippen molar-refractivity contribution in [3.63, 3.8) is 0 Å². The molecular weight excluding hydrogens is 282 g/mol. The fourth-order valence-corrected chi connectivity index (χ4v) is 2.64. The number of carbonyl (C=O) groups excluding carboxylic acids is 2. The number of carbonyl (C=O) groups is 2. The predicted octanol–water partition coefficient (Wildman–Crippen LogP) is 0.282. The maximum absolute atomic E-state index is 12.0. The summed E-state index contributed by atoms with van der Waals surface area (Å²) in [5.74, 6) is 1.07. The van der Waals surface area contributed by atoms with Crippen molar-refractivity contribution in [2.75, 3.05) is 24.7 Å². The molecule has 2 rings (SSSR count). The molecule has 2 saturated heterocycles. The molecule has 0 aromatic carbocycles. The second-order valence-electron chi connectivity index (χ2n) is 4.30. The van der Waals surface area contributed by atoms with E-state index in [0.717, 1.165) is 0 Å². The minimum atomic E-state index is -0.782. The molecule has 0 aliphatic carbocycles. The molecule has 2 fully saturated rings. The lowest BCUT2D eigenvalue weighted by Gasteiger charge is -2.33. The van der Waals surface area contributed by atoms with Gasteiger partial charge in [0.25, 0.3) is 0 Å². The number of esters is 1. The Hall–Kier alpha value is -1.47. The SMILES string of the molecule is C=CCOC(=O)C1C(=CCSCCO)OC2CC(=O)N21. The minimum absolute atomic E-state index is 0.104. The van der Waals surface area contributed by atoms with Gasteiger partial charge in [0.05, 0.1) is 13.0 Å². The first-order chi connectivity index (χ1) is 9.69. The van der Waals surface area contributed by atoms with E-state index in [0.29, 0.717) is 23.7 Å². The molecule has 1 N–H and O–H groups in total. The number of aliphatic hydroxyl groups is 1. The largest absolute Gasteiger partial charge is 0.472 e. The summed E-state index contributed by atoms with van der Waals surface area (Å²) in [7, 11) is 0. The molecule has 2 unspecified atom stereocenters. The Kier molecular flexibility index (Phi) is 5.08. The summed E-state index contributed by atoms with van der Waals surface area (Å²) in [4.78, 5) is 25.0. The molecule has 7 heteroatoms. The third-order valence-corrected chi connectivity index (χ3v) is 3.85. The third kappa shape index (κ3) is 2.99. The zero-order chi connectivity index (χ0) is 14.5. The van der Waals surface area contributed by atoms with E-state index in [1.807, 2.05) is 0 Å². The Morgan fingerprint density at radius 3 is 3.10 bits per heavy atom. The van der Waals surface area contributed by atoms with Crippen molar-refractivity contribution in [2.24, 2.45) is 0 Å². The highest BCUT2D eigenvalue weighted by Gasteiger charge is 2.54. The third-order valence-electron chi connectivity index (χ3n) is 2.97. The van der Waals surface area contributed by atoms with E-state index in [2.05, 4.69) is 6.58 Å². The van der Waals surface area contributed by atoms with Crippen molar-refractivity contribution in [2.45, 2.75) is 18.7 Å². The fourth-order valence-electron chi connectivity index (χ4n) is 2.07. The van der Waals surface area contributed by atoms with E-state index < -0.39 is 12.0 Å². The maximum Gasteiger partial charge on any atom is 0.337 e. The quantitative estimate of drug-likeness (QED) is 0.315. The van der Waals surface area contributed by atoms with Gasteiger partial charge in [-0.2, -0.15) is 11.8 Å². The Morgan fingerprint density at radius 2 is 2.45 bits per heavy atom. The van der Waals surface area contributed by atoms with Crippen LogP contribution < -0.4 is 0 Å². The monoisotopic (exact) mass is 299 g/mol. The molecule has 2 heterocycles. The van der Waals surface area contributed by atoms with E-state index in [1.54, 1.807) is 6.08 Å². The van der Waals surface area contributed by atoms with E-state index >= 15 is 0 Å². The van der Waals surface area contributed by atoms with Crippen LogP contribution in [-0.4, -0.2) is 58.9 Å². The molecule has 2 aliphatic rings. The number of β-lactam (4-membered cyclic amide) rings is 1. The van der Waals surface area contributed by atoms with Crippen LogP contribution in [0.1, 0.15) is 6.42 Å². The number of hydrogen-bond acceptors (Lipinski definition) is 6. The van der Waals surface area contributed by atoms with Crippen molar-refractivity contribution in [1.82, 2.24) is 4.90 Å². The Bertz CT molecular complexity index is 436. The highest BCUT2D eigenvalue weighted by molar-refractivity contribution is 7.99. The van der Waals surface area contributed by atoms with Gasteiger partial charge in [-0.1, -0.05) is 12.7 Å². The summed E-state index contributed by atoms with van der Waals surface area (Å²) >= 11 is 1.52. The number of thioether (sulfide) groups is 1. The van der Waals surface area contributed by atoms with E-state index in [9.17, 15) is 9.59 Å². The van der Waals surface area contributed by atoms with Crippen molar-refractivity contribution in [3.05, 3.63) is 24.5 Å². The van der Waals surface area contributed by atoms with Crippen LogP contribution >= 0.6 is 11.8 Å². The summed E-state index contributed by atoms with van der Waals surface area (Å²) in [6, 6.07) is -0.782. The number of rotatable bonds is 7. The van der Waals surface area contributed by atoms with Crippen molar-refractivity contribution in [3.8, 4) is 0 Å². The highest BCUT2D eigenvalue weighted by atomic mass is 32.2. The van der Waals surface area contributed by atoms with E-state index in [1.165, 1.54) is 22.7 Å². The van der Waals surface area contributed by atoms with Gasteiger partial charge in [0.15, 0.2) is 12.3 Å². The molecule has 0 bridgehead atoms. The predicted molar refractivity (Wildman–Crippen MR) is 73.8 cm³/mol. The first kappa shape index (κ1) is 14.9. The number of aliphatic hydroxyl groups excluding tert-OH is 1. The van der Waals surface area contributed by atoms with Gasteiger partial charge in [-0.3, -0.25) is 9.69 Å². The molecule has 2 atom stereocenters. The topological polar surface area (TPSA) is 76.1 Å². The zero-order valence-corrected chi connectivity index (χ0v) is 11.8. The molecule has 0 radical (unpaired) electrons. The van der Waals surface area contributed by atoms with Crippen LogP contribution in [0.3, 0.4) is 0 Å². The lowest BCUT2D eigenvalue weighted by atomic mass is 10.1. The van der Waals surface area contributed by atoms with Crippen LogP contribution in [-0.2, 0) is 19.1 Å². The van der Waals surface area contributed by atoms with Gasteiger partial charge in [0.2, 0.25) is 5.91 Å². The van der Waals surface area contributed by atoms with Gasteiger partial charge >= 0.3 is 5.97 Å². The summed E-state index contributed by atoms with van der Waals surface area (Å²) in [5, 5.41) is 8.72. The summed E-state index contributed by atoms with van der Waals surface area (Å²) in [6.07, 6.45) is 3.19. The molecule has 0 aromatic heterocycles. The molecular formula is C13H17NO5S. The van der Waals surface area contributed by atoms with Crippen molar-refractivity contribution >= 4 is 23.6 Å². The standard InChI is InChI=1S/C13H17NO5S/c1-2-5-18-13(17)12-9(3-6-20-7-4-15)19-11-8-10(16)14(11)12/h2-3,11-12,15H,1,4-8H2. The second-order valence-corrected chi connectivity index (χ2v) is 5.45. The van der Waals surface area contributed by atoms with Crippen molar-refractivity contribution < 1.29 is 24.2 Å². The average Bonchev–Trinajstić information content (AvgIpc) is 2.73. The average molecular weight is 299 g/mol. The number of amides is 1. The smallest absolute Gasteiger partial charge is 0.337 e. The maximum atomic E-state index is 12.0. The number of hydrogen-bond donors (Lipinski definition) is 1. The first-order valence-corrected chi connectivity index (χ1v) is 7.48. The molecule has 0 spiro atoms. The normalized spacial score (nSPS) is 25.9. The minimum Gasteiger partial charge on any atom is -0.472 e. The number of fused-ring (bicyclic) bond motifs is 1. The molecule has 20 heavy (non-hydrogen) atoms. The van der Waals surface area contributed by atoms with Crippen molar-refractivity contribution in [1.29, 1.82) is 0 Å². The van der Waals surface area contributed by atoms with Gasteiger partial charge in [0, 0.05) is 11.5 Å². The number of ether oxygens (including phenoxy) is 2. The molecule has 1 amide bonds. The van der Waals surface area contributed by atoms with E-state index in [-0.39, 0.29) is 25.3 Å². The number of nitrogens with zero attached hydrogens (tertiary/aromatic N) is 1. The van der Waals surface area contributed by atoms with Gasteiger partial charge in [0.1, 0.15) is 12.4 Å². The van der Waals surface area contributed by atoms with Crippen LogP contribution in [0.15, 0.2) is 24.5 Å². The molecule has 0 aromatic rings. The molecule has 0 saturated carbocycles. The van der Waals surface area contributed by atoms with Crippen LogP contribution in [0.2, 0.25) is 0 Å². The molecule has 110 valence electrons. The van der Waals surface area contributed by atoms with Gasteiger partial charge < -0.3 is 14.6 Å². The zero-order valence-electron chi connectivity index (χ0n) is 11.0. The first-order valence-electron chi connectivity index (χ1n) is 6.33. The highest BCUT2D eigenvalue weighted by Crippen LogP contribution is 2.36. The Morgan fingerprint density at radius 1 is 1.65 bits per heavy atom. The van der Waals surface area contributed by atoms with E-state index in [4.69, 9.17) is 14.6 Å². The second kappa shape index (κ2) is 6.81.